The molecule has 1 aromatic rings. The van der Waals surface area contributed by atoms with E-state index in [1.807, 2.05) is 23.1 Å². The van der Waals surface area contributed by atoms with Crippen molar-refractivity contribution in [3.8, 4) is 6.07 Å². The van der Waals surface area contributed by atoms with Crippen molar-refractivity contribution in [1.82, 2.24) is 4.90 Å². The largest absolute Gasteiger partial charge is 0.395 e. The highest BCUT2D eigenvalue weighted by Crippen LogP contribution is 2.01. The van der Waals surface area contributed by atoms with E-state index < -0.39 is 0 Å². The number of hydrogen-bond acceptors (Lipinski definition) is 3. The number of rotatable bonds is 6. The van der Waals surface area contributed by atoms with Gasteiger partial charge in [0, 0.05) is 13.1 Å². The van der Waals surface area contributed by atoms with Crippen LogP contribution in [0.5, 0.6) is 0 Å². The van der Waals surface area contributed by atoms with Crippen LogP contribution in [0.4, 0.5) is 0 Å². The topological polar surface area (TPSA) is 47.3 Å². The molecule has 0 fully saturated rings. The van der Waals surface area contributed by atoms with E-state index in [1.54, 1.807) is 0 Å². The zero-order chi connectivity index (χ0) is 10.9. The van der Waals surface area contributed by atoms with E-state index in [4.69, 9.17) is 10.4 Å². The zero-order valence-corrected chi connectivity index (χ0v) is 8.76. The molecule has 0 heterocycles. The van der Waals surface area contributed by atoms with Crippen molar-refractivity contribution in [1.29, 1.82) is 5.26 Å². The van der Waals surface area contributed by atoms with Crippen LogP contribution in [-0.4, -0.2) is 36.2 Å². The Kier molecular flexibility index (Phi) is 5.46. The summed E-state index contributed by atoms with van der Waals surface area (Å²) < 4.78 is 0. The van der Waals surface area contributed by atoms with Crippen molar-refractivity contribution in [3.05, 3.63) is 35.9 Å². The number of hydrogen-bond donors (Lipinski definition) is 1. The third-order valence-electron chi connectivity index (χ3n) is 2.27. The van der Waals surface area contributed by atoms with Gasteiger partial charge in [-0.25, -0.2) is 0 Å². The monoisotopic (exact) mass is 204 g/mol. The number of nitrogens with zero attached hydrogens (tertiary/aromatic N) is 2. The van der Waals surface area contributed by atoms with E-state index in [-0.39, 0.29) is 6.61 Å². The number of benzene rings is 1. The number of aliphatic hydroxyl groups excluding tert-OH is 1. The molecule has 15 heavy (non-hydrogen) atoms. The standard InChI is InChI=1S/C12H16N2O/c13-7-9-14(10-11-15)8-6-12-4-2-1-3-5-12/h1-5,15H,6,8-11H2. The van der Waals surface area contributed by atoms with E-state index >= 15 is 0 Å². The van der Waals surface area contributed by atoms with E-state index in [0.29, 0.717) is 13.1 Å². The first-order valence-corrected chi connectivity index (χ1v) is 5.11. The van der Waals surface area contributed by atoms with E-state index in [1.165, 1.54) is 5.56 Å². The van der Waals surface area contributed by atoms with Crippen molar-refractivity contribution in [2.75, 3.05) is 26.2 Å². The highest BCUT2D eigenvalue weighted by atomic mass is 16.3. The molecule has 0 bridgehead atoms. The van der Waals surface area contributed by atoms with Gasteiger partial charge in [-0.3, -0.25) is 4.90 Å². The molecular weight excluding hydrogens is 188 g/mol. The summed E-state index contributed by atoms with van der Waals surface area (Å²) >= 11 is 0. The Hall–Kier alpha value is -1.37. The van der Waals surface area contributed by atoms with Gasteiger partial charge in [-0.15, -0.1) is 0 Å². The van der Waals surface area contributed by atoms with Gasteiger partial charge in [0.15, 0.2) is 0 Å². The predicted molar refractivity (Wildman–Crippen MR) is 59.3 cm³/mol. The Labute approximate surface area is 90.6 Å². The molecule has 0 aliphatic heterocycles. The third-order valence-corrected chi connectivity index (χ3v) is 2.27. The van der Waals surface area contributed by atoms with E-state index in [9.17, 15) is 0 Å². The lowest BCUT2D eigenvalue weighted by molar-refractivity contribution is 0.211. The second-order valence-electron chi connectivity index (χ2n) is 3.39. The molecule has 0 unspecified atom stereocenters. The van der Waals surface area contributed by atoms with Gasteiger partial charge in [0.25, 0.3) is 0 Å². The summed E-state index contributed by atoms with van der Waals surface area (Å²) in [6.45, 7) is 1.88. The van der Waals surface area contributed by atoms with Crippen molar-refractivity contribution in [2.24, 2.45) is 0 Å². The molecule has 0 aliphatic rings. The quantitative estimate of drug-likeness (QED) is 0.704. The van der Waals surface area contributed by atoms with Crippen LogP contribution in [0.15, 0.2) is 30.3 Å². The van der Waals surface area contributed by atoms with Gasteiger partial charge >= 0.3 is 0 Å². The molecule has 0 atom stereocenters. The van der Waals surface area contributed by atoms with Crippen molar-refractivity contribution in [3.63, 3.8) is 0 Å². The Morgan fingerprint density at radius 1 is 1.20 bits per heavy atom. The fraction of sp³-hybridized carbons (Fsp3) is 0.417. The molecule has 1 aromatic carbocycles. The van der Waals surface area contributed by atoms with Crippen LogP contribution < -0.4 is 0 Å². The van der Waals surface area contributed by atoms with Crippen molar-refractivity contribution < 1.29 is 5.11 Å². The lowest BCUT2D eigenvalue weighted by Gasteiger charge is -2.17. The maximum Gasteiger partial charge on any atom is 0.0866 e. The van der Waals surface area contributed by atoms with Crippen LogP contribution in [0, 0.1) is 11.3 Å². The SMILES string of the molecule is N#CCN(CCO)CCc1ccccc1. The molecule has 0 aliphatic carbocycles. The fourth-order valence-electron chi connectivity index (χ4n) is 1.44. The normalized spacial score (nSPS) is 10.2. The molecule has 0 aromatic heterocycles. The van der Waals surface area contributed by atoms with Crippen LogP contribution >= 0.6 is 0 Å². The van der Waals surface area contributed by atoms with Crippen LogP contribution in [0.3, 0.4) is 0 Å². The van der Waals surface area contributed by atoms with Crippen LogP contribution in [-0.2, 0) is 6.42 Å². The number of nitriles is 1. The van der Waals surface area contributed by atoms with Gasteiger partial charge in [0.2, 0.25) is 0 Å². The van der Waals surface area contributed by atoms with Crippen molar-refractivity contribution >= 4 is 0 Å². The van der Waals surface area contributed by atoms with Gasteiger partial charge in [-0.2, -0.15) is 5.26 Å². The molecule has 1 rings (SSSR count). The molecule has 0 saturated heterocycles. The van der Waals surface area contributed by atoms with Gasteiger partial charge in [0.05, 0.1) is 19.2 Å². The first kappa shape index (κ1) is 11.7. The van der Waals surface area contributed by atoms with E-state index in [2.05, 4.69) is 18.2 Å². The molecule has 0 spiro atoms. The summed E-state index contributed by atoms with van der Waals surface area (Å²) in [6, 6.07) is 12.3. The van der Waals surface area contributed by atoms with Crippen LogP contribution in [0.25, 0.3) is 0 Å². The fourth-order valence-corrected chi connectivity index (χ4v) is 1.44. The predicted octanol–water partition coefficient (Wildman–Crippen LogP) is 1.05. The smallest absolute Gasteiger partial charge is 0.0866 e. The second-order valence-corrected chi connectivity index (χ2v) is 3.39. The Bertz CT molecular complexity index is 305. The zero-order valence-electron chi connectivity index (χ0n) is 8.76. The van der Waals surface area contributed by atoms with Gasteiger partial charge in [0.1, 0.15) is 0 Å². The minimum Gasteiger partial charge on any atom is -0.395 e. The Morgan fingerprint density at radius 2 is 1.93 bits per heavy atom. The van der Waals surface area contributed by atoms with Crippen LogP contribution in [0.2, 0.25) is 0 Å². The van der Waals surface area contributed by atoms with Crippen molar-refractivity contribution in [2.45, 2.75) is 6.42 Å². The Morgan fingerprint density at radius 3 is 2.53 bits per heavy atom. The molecule has 3 heteroatoms. The van der Waals surface area contributed by atoms with Gasteiger partial charge in [-0.1, -0.05) is 30.3 Å². The molecule has 3 nitrogen and oxygen atoms in total. The minimum atomic E-state index is 0.108. The average molecular weight is 204 g/mol. The molecule has 1 N–H and O–H groups in total. The summed E-state index contributed by atoms with van der Waals surface area (Å²) in [6.07, 6.45) is 0.919. The maximum atomic E-state index is 8.81. The van der Waals surface area contributed by atoms with E-state index in [0.717, 1.165) is 13.0 Å². The lowest BCUT2D eigenvalue weighted by atomic mass is 10.1. The average Bonchev–Trinajstić information content (AvgIpc) is 2.28. The summed E-state index contributed by atoms with van der Waals surface area (Å²) in [7, 11) is 0. The first-order chi connectivity index (χ1) is 7.36. The lowest BCUT2D eigenvalue weighted by Crippen LogP contribution is -2.29. The highest BCUT2D eigenvalue weighted by Gasteiger charge is 2.03. The molecule has 80 valence electrons. The summed E-state index contributed by atoms with van der Waals surface area (Å²) in [4.78, 5) is 1.95. The molecule has 0 amide bonds. The number of aliphatic hydroxyl groups is 1. The summed E-state index contributed by atoms with van der Waals surface area (Å²) in [5, 5.41) is 17.4. The molecule has 0 radical (unpaired) electrons. The molecule has 0 saturated carbocycles. The third kappa shape index (κ3) is 4.59. The molecular formula is C12H16N2O. The first-order valence-electron chi connectivity index (χ1n) is 5.11. The highest BCUT2D eigenvalue weighted by molar-refractivity contribution is 5.14. The second kappa shape index (κ2) is 6.99. The summed E-state index contributed by atoms with van der Waals surface area (Å²) in [5.41, 5.74) is 1.26. The Balaban J connectivity index is 2.37. The minimum absolute atomic E-state index is 0.108. The van der Waals surface area contributed by atoms with Crippen LogP contribution in [0.1, 0.15) is 5.56 Å². The maximum absolute atomic E-state index is 8.81. The van der Waals surface area contributed by atoms with Gasteiger partial charge < -0.3 is 5.11 Å². The summed E-state index contributed by atoms with van der Waals surface area (Å²) in [5.74, 6) is 0. The van der Waals surface area contributed by atoms with Gasteiger partial charge in [-0.05, 0) is 12.0 Å².